The second kappa shape index (κ2) is 7.89. The predicted octanol–water partition coefficient (Wildman–Crippen LogP) is 3.60. The van der Waals surface area contributed by atoms with Crippen LogP contribution >= 0.6 is 0 Å². The van der Waals surface area contributed by atoms with Crippen LogP contribution in [0.4, 0.5) is 0 Å². The van der Waals surface area contributed by atoms with Crippen molar-refractivity contribution in [2.45, 2.75) is 41.2 Å². The minimum absolute atomic E-state index is 0. The van der Waals surface area contributed by atoms with Crippen LogP contribution in [-0.2, 0) is 39.3 Å². The number of phenols is 1. The number of aromatic hydroxyl groups is 1. The third-order valence-electron chi connectivity index (χ3n) is 4.79. The Morgan fingerprint density at radius 2 is 1.81 bits per heavy atom. The second-order valence-electron chi connectivity index (χ2n) is 6.47. The normalized spacial score (nSPS) is 10.7. The van der Waals surface area contributed by atoms with Crippen molar-refractivity contribution < 1.29 is 42.2 Å². The molecule has 0 fully saturated rings. The summed E-state index contributed by atoms with van der Waals surface area (Å²) < 4.78 is 6.61. The van der Waals surface area contributed by atoms with E-state index in [2.05, 4.69) is 25.0 Å². The molecule has 0 atom stereocenters. The van der Waals surface area contributed by atoms with Crippen molar-refractivity contribution in [2.75, 3.05) is 0 Å². The molecular formula is C20H21N2O3Y-. The molecule has 0 spiro atoms. The van der Waals surface area contributed by atoms with Crippen LogP contribution in [0, 0.1) is 40.7 Å². The van der Waals surface area contributed by atoms with Crippen molar-refractivity contribution in [1.82, 2.24) is 9.78 Å². The number of phenolic OH excluding ortho intramolecular Hbond substituents is 1. The monoisotopic (exact) mass is 426 g/mol. The number of hydrogen-bond acceptors (Lipinski definition) is 4. The van der Waals surface area contributed by atoms with Crippen molar-refractivity contribution >= 4 is 0 Å². The van der Waals surface area contributed by atoms with Gasteiger partial charge in [0.15, 0.2) is 0 Å². The maximum absolute atomic E-state index is 12.2. The molecule has 133 valence electrons. The minimum Gasteiger partial charge on any atom is -0.565 e. The number of hydrogen-bond donors (Lipinski definition) is 1. The molecule has 26 heavy (non-hydrogen) atoms. The molecule has 3 rings (SSSR count). The number of aromatic nitrogens is 2. The molecule has 6 heteroatoms. The summed E-state index contributed by atoms with van der Waals surface area (Å²) in [4.78, 5) is 12.2. The van der Waals surface area contributed by atoms with Crippen LogP contribution in [0.5, 0.6) is 5.75 Å². The first-order valence-electron chi connectivity index (χ1n) is 8.14. The SMILES string of the molecule is Cc1[c-]cc(O)c(Cn2nc(-c3cc(C)c(C)c(C)c3C)oc2=O)c1.[Y]. The zero-order valence-corrected chi connectivity index (χ0v) is 18.5. The molecule has 0 aliphatic rings. The third kappa shape index (κ3) is 3.84. The largest absolute Gasteiger partial charge is 0.565 e. The van der Waals surface area contributed by atoms with Gasteiger partial charge in [0.05, 0.1) is 6.54 Å². The summed E-state index contributed by atoms with van der Waals surface area (Å²) in [6.07, 6.45) is 0. The molecule has 1 radical (unpaired) electrons. The van der Waals surface area contributed by atoms with Crippen LogP contribution in [0.1, 0.15) is 33.4 Å². The fourth-order valence-electron chi connectivity index (χ4n) is 2.89. The molecule has 2 aromatic carbocycles. The van der Waals surface area contributed by atoms with Gasteiger partial charge in [-0.15, -0.1) is 11.2 Å². The topological polar surface area (TPSA) is 68.3 Å². The summed E-state index contributed by atoms with van der Waals surface area (Å²) in [7, 11) is 0. The van der Waals surface area contributed by atoms with Gasteiger partial charge in [0, 0.05) is 44.0 Å². The first-order valence-corrected chi connectivity index (χ1v) is 8.14. The zero-order valence-electron chi connectivity index (χ0n) is 15.7. The quantitative estimate of drug-likeness (QED) is 0.650. The molecule has 5 nitrogen and oxygen atoms in total. The molecule has 1 aromatic heterocycles. The summed E-state index contributed by atoms with van der Waals surface area (Å²) in [6, 6.07) is 8.18. The van der Waals surface area contributed by atoms with E-state index >= 15 is 0 Å². The number of benzene rings is 2. The molecule has 0 amide bonds. The molecule has 0 saturated carbocycles. The van der Waals surface area contributed by atoms with Crippen molar-refractivity contribution in [3.63, 3.8) is 0 Å². The fraction of sp³-hybridized carbons (Fsp3) is 0.300. The van der Waals surface area contributed by atoms with Gasteiger partial charge < -0.3 is 9.52 Å². The molecule has 3 aromatic rings. The molecule has 1 N–H and O–H groups in total. The maximum Gasteiger partial charge on any atom is 0.437 e. The second-order valence-corrected chi connectivity index (χ2v) is 6.47. The van der Waals surface area contributed by atoms with Crippen LogP contribution in [0.15, 0.2) is 27.4 Å². The van der Waals surface area contributed by atoms with Crippen molar-refractivity contribution in [2.24, 2.45) is 0 Å². The Balaban J connectivity index is 0.00000243. The predicted molar refractivity (Wildman–Crippen MR) is 95.9 cm³/mol. The first-order chi connectivity index (χ1) is 11.8. The average Bonchev–Trinajstić information content (AvgIpc) is 2.93. The smallest absolute Gasteiger partial charge is 0.437 e. The summed E-state index contributed by atoms with van der Waals surface area (Å²) in [5.41, 5.74) is 6.87. The molecule has 0 aliphatic carbocycles. The van der Waals surface area contributed by atoms with Gasteiger partial charge in [-0.1, -0.05) is 12.5 Å². The fourth-order valence-corrected chi connectivity index (χ4v) is 2.89. The van der Waals surface area contributed by atoms with Crippen molar-refractivity contribution in [1.29, 1.82) is 0 Å². The molecular weight excluding hydrogens is 405 g/mol. The van der Waals surface area contributed by atoms with E-state index < -0.39 is 5.76 Å². The van der Waals surface area contributed by atoms with Gasteiger partial charge in [0.1, 0.15) is 0 Å². The summed E-state index contributed by atoms with van der Waals surface area (Å²) in [5, 5.41) is 14.3. The van der Waals surface area contributed by atoms with E-state index in [1.165, 1.54) is 21.9 Å². The van der Waals surface area contributed by atoms with E-state index in [1.807, 2.05) is 26.8 Å². The summed E-state index contributed by atoms with van der Waals surface area (Å²) >= 11 is 0. The summed E-state index contributed by atoms with van der Waals surface area (Å²) in [6.45, 7) is 10.2. The van der Waals surface area contributed by atoms with Gasteiger partial charge in [0.25, 0.3) is 0 Å². The first kappa shape index (κ1) is 20.6. The van der Waals surface area contributed by atoms with Crippen LogP contribution in [0.25, 0.3) is 11.5 Å². The van der Waals surface area contributed by atoms with Gasteiger partial charge in [-0.3, -0.25) is 0 Å². The van der Waals surface area contributed by atoms with E-state index in [-0.39, 0.29) is 45.0 Å². The van der Waals surface area contributed by atoms with Crippen LogP contribution in [-0.4, -0.2) is 14.9 Å². The molecule has 0 unspecified atom stereocenters. The van der Waals surface area contributed by atoms with Crippen LogP contribution < -0.4 is 5.76 Å². The standard InChI is InChI=1S/C20H21N2O3.Y/c1-11-6-7-18(23)16(8-11)10-22-20(24)25-19(21-22)17-9-12(2)13(3)14(4)15(17)5;/h7-9,23H,10H2,1-5H3;/q-1;. The number of aryl methyl sites for hydroxylation is 2. The van der Waals surface area contributed by atoms with Gasteiger partial charge in [-0.05, 0) is 56.0 Å². The van der Waals surface area contributed by atoms with Gasteiger partial charge in [-0.2, -0.15) is 22.4 Å². The van der Waals surface area contributed by atoms with Crippen LogP contribution in [0.3, 0.4) is 0 Å². The Kier molecular flexibility index (Phi) is 6.25. The zero-order chi connectivity index (χ0) is 18.3. The Morgan fingerprint density at radius 3 is 2.50 bits per heavy atom. The van der Waals surface area contributed by atoms with Crippen molar-refractivity contribution in [3.05, 3.63) is 68.2 Å². The van der Waals surface area contributed by atoms with E-state index in [4.69, 9.17) is 4.42 Å². The van der Waals surface area contributed by atoms with Gasteiger partial charge in [-0.25, -0.2) is 4.79 Å². The Hall–Kier alpha value is -1.72. The van der Waals surface area contributed by atoms with E-state index in [0.29, 0.717) is 11.5 Å². The minimum atomic E-state index is -0.546. The molecule has 1 heterocycles. The van der Waals surface area contributed by atoms with E-state index in [1.54, 1.807) is 6.07 Å². The van der Waals surface area contributed by atoms with Gasteiger partial charge in [0.2, 0.25) is 5.89 Å². The van der Waals surface area contributed by atoms with E-state index in [9.17, 15) is 9.90 Å². The Bertz CT molecular complexity index is 1020. The maximum atomic E-state index is 12.2. The van der Waals surface area contributed by atoms with E-state index in [0.717, 1.165) is 22.3 Å². The average molecular weight is 426 g/mol. The number of rotatable bonds is 3. The Morgan fingerprint density at radius 1 is 1.12 bits per heavy atom. The number of nitrogens with zero attached hydrogens (tertiary/aromatic N) is 2. The Labute approximate surface area is 177 Å². The van der Waals surface area contributed by atoms with Gasteiger partial charge >= 0.3 is 5.76 Å². The molecule has 0 aliphatic heterocycles. The van der Waals surface area contributed by atoms with Crippen LogP contribution in [0.2, 0.25) is 0 Å². The molecule has 0 saturated heterocycles. The van der Waals surface area contributed by atoms with Crippen molar-refractivity contribution in [3.8, 4) is 17.2 Å². The summed E-state index contributed by atoms with van der Waals surface area (Å²) in [5.74, 6) is -0.164. The third-order valence-corrected chi connectivity index (χ3v) is 4.79. The molecule has 0 bridgehead atoms.